The number of nitrogens with one attached hydrogen (secondary N) is 2. The lowest BCUT2D eigenvalue weighted by molar-refractivity contribution is 0.215. The summed E-state index contributed by atoms with van der Waals surface area (Å²) in [5.41, 5.74) is 2.21. The number of nitrogens with zero attached hydrogens (tertiary/aromatic N) is 3. The SMILES string of the molecule is CCc1noc(CC)c1CNC(=NC)NCCN(C(C)C)C1CC1.I. The van der Waals surface area contributed by atoms with Gasteiger partial charge >= 0.3 is 0 Å². The van der Waals surface area contributed by atoms with Crippen LogP contribution in [0.5, 0.6) is 0 Å². The summed E-state index contributed by atoms with van der Waals surface area (Å²) in [4.78, 5) is 6.90. The van der Waals surface area contributed by atoms with Gasteiger partial charge in [-0.1, -0.05) is 19.0 Å². The van der Waals surface area contributed by atoms with Crippen molar-refractivity contribution in [2.24, 2.45) is 4.99 Å². The van der Waals surface area contributed by atoms with E-state index in [0.29, 0.717) is 12.6 Å². The number of hydrogen-bond acceptors (Lipinski definition) is 4. The summed E-state index contributed by atoms with van der Waals surface area (Å²) in [5, 5.41) is 11.0. The Morgan fingerprint density at radius 1 is 1.28 bits per heavy atom. The van der Waals surface area contributed by atoms with E-state index < -0.39 is 0 Å². The van der Waals surface area contributed by atoms with Gasteiger partial charge in [-0.2, -0.15) is 0 Å². The molecule has 25 heavy (non-hydrogen) atoms. The first-order chi connectivity index (χ1) is 11.6. The van der Waals surface area contributed by atoms with Gasteiger partial charge < -0.3 is 15.2 Å². The number of aryl methyl sites for hydroxylation is 2. The van der Waals surface area contributed by atoms with Crippen molar-refractivity contribution in [2.75, 3.05) is 20.1 Å². The molecule has 0 aliphatic heterocycles. The molecule has 1 fully saturated rings. The molecule has 144 valence electrons. The van der Waals surface area contributed by atoms with E-state index in [1.807, 2.05) is 7.05 Å². The number of guanidine groups is 1. The van der Waals surface area contributed by atoms with Gasteiger partial charge in [0.15, 0.2) is 5.96 Å². The third-order valence-corrected chi connectivity index (χ3v) is 4.60. The molecule has 0 saturated heterocycles. The van der Waals surface area contributed by atoms with Gasteiger partial charge in [-0.05, 0) is 33.1 Å². The number of rotatable bonds is 9. The van der Waals surface area contributed by atoms with Crippen molar-refractivity contribution in [3.05, 3.63) is 17.0 Å². The fourth-order valence-electron chi connectivity index (χ4n) is 3.10. The van der Waals surface area contributed by atoms with Crippen LogP contribution in [0, 0.1) is 0 Å². The van der Waals surface area contributed by atoms with Crippen LogP contribution in [0.4, 0.5) is 0 Å². The van der Waals surface area contributed by atoms with Gasteiger partial charge in [0.2, 0.25) is 0 Å². The first-order valence-corrected chi connectivity index (χ1v) is 9.27. The summed E-state index contributed by atoms with van der Waals surface area (Å²) in [6.07, 6.45) is 4.44. The predicted octanol–water partition coefficient (Wildman–Crippen LogP) is 2.96. The van der Waals surface area contributed by atoms with E-state index in [9.17, 15) is 0 Å². The standard InChI is InChI=1S/C18H33N5O.HI/c1-6-16-15(17(7-2)24-22-16)12-21-18(19-5)20-10-11-23(13(3)4)14-8-9-14;/h13-14H,6-12H2,1-5H3,(H2,19,20,21);1H. The van der Waals surface area contributed by atoms with E-state index in [0.717, 1.165) is 49.4 Å². The van der Waals surface area contributed by atoms with Crippen LogP contribution in [0.15, 0.2) is 9.52 Å². The molecule has 2 N–H and O–H groups in total. The average Bonchev–Trinajstić information content (AvgIpc) is 3.33. The van der Waals surface area contributed by atoms with Crippen LogP contribution in [0.25, 0.3) is 0 Å². The molecule has 0 aromatic carbocycles. The molecule has 1 saturated carbocycles. The molecule has 0 radical (unpaired) electrons. The maximum atomic E-state index is 5.42. The zero-order valence-corrected chi connectivity index (χ0v) is 18.6. The molecule has 1 aromatic rings. The van der Waals surface area contributed by atoms with Gasteiger partial charge in [0.05, 0.1) is 5.69 Å². The summed E-state index contributed by atoms with van der Waals surface area (Å²) in [6, 6.07) is 1.39. The summed E-state index contributed by atoms with van der Waals surface area (Å²) in [7, 11) is 1.81. The zero-order chi connectivity index (χ0) is 17.5. The number of aliphatic imine (C=N–C) groups is 1. The van der Waals surface area contributed by atoms with E-state index in [-0.39, 0.29) is 24.0 Å². The van der Waals surface area contributed by atoms with Gasteiger partial charge in [0.25, 0.3) is 0 Å². The molecule has 0 spiro atoms. The fraction of sp³-hybridized carbons (Fsp3) is 0.778. The third kappa shape index (κ3) is 6.44. The highest BCUT2D eigenvalue weighted by atomic mass is 127. The Hall–Kier alpha value is -0.830. The van der Waals surface area contributed by atoms with Crippen molar-refractivity contribution in [1.29, 1.82) is 0 Å². The van der Waals surface area contributed by atoms with E-state index in [1.54, 1.807) is 0 Å². The van der Waals surface area contributed by atoms with Crippen LogP contribution in [0.1, 0.15) is 57.6 Å². The number of hydrogen-bond donors (Lipinski definition) is 2. The Labute approximate surface area is 169 Å². The van der Waals surface area contributed by atoms with Gasteiger partial charge in [0, 0.05) is 50.7 Å². The molecule has 6 nitrogen and oxygen atoms in total. The van der Waals surface area contributed by atoms with Crippen LogP contribution < -0.4 is 10.6 Å². The highest BCUT2D eigenvalue weighted by Gasteiger charge is 2.30. The number of halogens is 1. The van der Waals surface area contributed by atoms with Crippen molar-refractivity contribution < 1.29 is 4.52 Å². The Kier molecular flexibility index (Phi) is 9.78. The van der Waals surface area contributed by atoms with E-state index in [2.05, 4.69) is 53.4 Å². The van der Waals surface area contributed by atoms with Crippen LogP contribution in [-0.4, -0.2) is 48.2 Å². The average molecular weight is 463 g/mol. The lowest BCUT2D eigenvalue weighted by Crippen LogP contribution is -2.43. The normalized spacial score (nSPS) is 14.8. The lowest BCUT2D eigenvalue weighted by atomic mass is 10.1. The van der Waals surface area contributed by atoms with Crippen LogP contribution >= 0.6 is 24.0 Å². The summed E-state index contributed by atoms with van der Waals surface area (Å²) in [6.45, 7) is 11.4. The molecule has 0 amide bonds. The molecule has 2 rings (SSSR count). The molecule has 1 heterocycles. The van der Waals surface area contributed by atoms with Crippen LogP contribution in [-0.2, 0) is 19.4 Å². The molecule has 0 atom stereocenters. The minimum atomic E-state index is 0. The molecule has 0 unspecified atom stereocenters. The molecule has 7 heteroatoms. The highest BCUT2D eigenvalue weighted by molar-refractivity contribution is 14.0. The predicted molar refractivity (Wildman–Crippen MR) is 114 cm³/mol. The summed E-state index contributed by atoms with van der Waals surface area (Å²) < 4.78 is 5.42. The number of aromatic nitrogens is 1. The van der Waals surface area contributed by atoms with Crippen molar-refractivity contribution in [3.63, 3.8) is 0 Å². The maximum Gasteiger partial charge on any atom is 0.191 e. The third-order valence-electron chi connectivity index (χ3n) is 4.60. The van der Waals surface area contributed by atoms with E-state index in [1.165, 1.54) is 18.4 Å². The van der Waals surface area contributed by atoms with Gasteiger partial charge in [-0.3, -0.25) is 9.89 Å². The first-order valence-electron chi connectivity index (χ1n) is 9.27. The minimum absolute atomic E-state index is 0. The second kappa shape index (κ2) is 11.0. The van der Waals surface area contributed by atoms with Crippen molar-refractivity contribution in [1.82, 2.24) is 20.7 Å². The van der Waals surface area contributed by atoms with E-state index in [4.69, 9.17) is 4.52 Å². The van der Waals surface area contributed by atoms with Crippen LogP contribution in [0.3, 0.4) is 0 Å². The van der Waals surface area contributed by atoms with Gasteiger partial charge in [0.1, 0.15) is 5.76 Å². The van der Waals surface area contributed by atoms with Gasteiger partial charge in [-0.25, -0.2) is 0 Å². The summed E-state index contributed by atoms with van der Waals surface area (Å²) >= 11 is 0. The minimum Gasteiger partial charge on any atom is -0.361 e. The largest absolute Gasteiger partial charge is 0.361 e. The zero-order valence-electron chi connectivity index (χ0n) is 16.3. The molecule has 1 aliphatic carbocycles. The first kappa shape index (κ1) is 22.2. The molecule has 0 bridgehead atoms. The Balaban J connectivity index is 0.00000312. The highest BCUT2D eigenvalue weighted by Crippen LogP contribution is 2.27. The molecule has 1 aliphatic rings. The molecule has 1 aromatic heterocycles. The summed E-state index contributed by atoms with van der Waals surface area (Å²) in [5.74, 6) is 1.80. The van der Waals surface area contributed by atoms with E-state index >= 15 is 0 Å². The Bertz CT molecular complexity index is 516. The van der Waals surface area contributed by atoms with Crippen molar-refractivity contribution >= 4 is 29.9 Å². The Morgan fingerprint density at radius 3 is 2.52 bits per heavy atom. The maximum absolute atomic E-state index is 5.42. The van der Waals surface area contributed by atoms with Crippen LogP contribution in [0.2, 0.25) is 0 Å². The molecular weight excluding hydrogens is 429 g/mol. The smallest absolute Gasteiger partial charge is 0.191 e. The second-order valence-corrected chi connectivity index (χ2v) is 6.65. The Morgan fingerprint density at radius 2 is 2.00 bits per heavy atom. The van der Waals surface area contributed by atoms with Gasteiger partial charge in [-0.15, -0.1) is 24.0 Å². The van der Waals surface area contributed by atoms with Crippen molar-refractivity contribution in [2.45, 2.75) is 72.0 Å². The topological polar surface area (TPSA) is 65.7 Å². The molecular formula is C18H34IN5O. The quantitative estimate of drug-likeness (QED) is 0.335. The second-order valence-electron chi connectivity index (χ2n) is 6.65. The fourth-order valence-corrected chi connectivity index (χ4v) is 3.10. The van der Waals surface area contributed by atoms with Crippen molar-refractivity contribution in [3.8, 4) is 0 Å². The monoisotopic (exact) mass is 463 g/mol. The lowest BCUT2D eigenvalue weighted by Gasteiger charge is -2.26.